The summed E-state index contributed by atoms with van der Waals surface area (Å²) in [7, 11) is 0. The molecule has 0 saturated heterocycles. The molecule has 0 bridgehead atoms. The number of carbonyl (C=O) groups excluding carboxylic acids is 2. The second-order valence-corrected chi connectivity index (χ2v) is 3.49. The molecule has 0 aromatic carbocycles. The van der Waals surface area contributed by atoms with Gasteiger partial charge >= 0.3 is 0 Å². The molecule has 2 amide bonds. The maximum Gasteiger partial charge on any atom is 0.271 e. The first kappa shape index (κ1) is 11.1. The number of nitrogens with one attached hydrogen (secondary N) is 1. The second kappa shape index (κ2) is 4.25. The molecule has 0 aliphatic heterocycles. The predicted molar refractivity (Wildman–Crippen MR) is 61.7 cm³/mol. The summed E-state index contributed by atoms with van der Waals surface area (Å²) < 4.78 is 1.51. The van der Waals surface area contributed by atoms with E-state index >= 15 is 0 Å². The number of amides is 2. The first-order valence-corrected chi connectivity index (χ1v) is 5.19. The van der Waals surface area contributed by atoms with Crippen molar-refractivity contribution in [1.29, 1.82) is 0 Å². The van der Waals surface area contributed by atoms with Gasteiger partial charge in [0.2, 0.25) is 0 Å². The molecule has 0 fully saturated rings. The summed E-state index contributed by atoms with van der Waals surface area (Å²) >= 11 is 0. The van der Waals surface area contributed by atoms with Gasteiger partial charge in [-0.05, 0) is 19.1 Å². The van der Waals surface area contributed by atoms with Gasteiger partial charge in [-0.1, -0.05) is 6.07 Å². The lowest BCUT2D eigenvalue weighted by Crippen LogP contribution is -2.22. The normalized spacial score (nSPS) is 10.4. The van der Waals surface area contributed by atoms with Crippen LogP contribution in [0.2, 0.25) is 0 Å². The molecule has 0 saturated carbocycles. The van der Waals surface area contributed by atoms with Crippen LogP contribution in [0, 0.1) is 0 Å². The fourth-order valence-electron chi connectivity index (χ4n) is 1.57. The Labute approximate surface area is 97.4 Å². The minimum Gasteiger partial charge on any atom is -0.364 e. The number of rotatable bonds is 3. The van der Waals surface area contributed by atoms with Crippen LogP contribution in [0.3, 0.4) is 0 Å². The zero-order valence-corrected chi connectivity index (χ0v) is 9.30. The highest BCUT2D eigenvalue weighted by Crippen LogP contribution is 2.08. The molecular formula is C11H12N4O2. The number of carbonyl (C=O) groups is 2. The van der Waals surface area contributed by atoms with Gasteiger partial charge in [0.15, 0.2) is 0 Å². The highest BCUT2D eigenvalue weighted by molar-refractivity contribution is 5.94. The van der Waals surface area contributed by atoms with Crippen LogP contribution in [0.15, 0.2) is 24.4 Å². The van der Waals surface area contributed by atoms with Crippen molar-refractivity contribution in [2.45, 2.75) is 6.92 Å². The fourth-order valence-corrected chi connectivity index (χ4v) is 1.57. The molecule has 2 heterocycles. The van der Waals surface area contributed by atoms with Gasteiger partial charge in [0.05, 0.1) is 0 Å². The van der Waals surface area contributed by atoms with Crippen molar-refractivity contribution < 1.29 is 9.59 Å². The van der Waals surface area contributed by atoms with Crippen molar-refractivity contribution in [2.24, 2.45) is 5.73 Å². The lowest BCUT2D eigenvalue weighted by molar-refractivity contribution is 0.0949. The largest absolute Gasteiger partial charge is 0.364 e. The van der Waals surface area contributed by atoms with Gasteiger partial charge in [0, 0.05) is 12.7 Å². The van der Waals surface area contributed by atoms with Gasteiger partial charge in [0.25, 0.3) is 11.8 Å². The summed E-state index contributed by atoms with van der Waals surface area (Å²) in [6.45, 7) is 2.35. The van der Waals surface area contributed by atoms with E-state index in [-0.39, 0.29) is 11.6 Å². The van der Waals surface area contributed by atoms with Crippen LogP contribution in [-0.2, 0) is 0 Å². The first-order valence-electron chi connectivity index (χ1n) is 5.19. The van der Waals surface area contributed by atoms with Crippen LogP contribution in [0.1, 0.15) is 27.9 Å². The van der Waals surface area contributed by atoms with E-state index in [4.69, 9.17) is 5.73 Å². The predicted octanol–water partition coefficient (Wildman–Crippen LogP) is 0.183. The molecule has 0 spiro atoms. The van der Waals surface area contributed by atoms with Crippen LogP contribution in [0.5, 0.6) is 0 Å². The molecule has 0 radical (unpaired) electrons. The Balaban J connectivity index is 2.54. The van der Waals surface area contributed by atoms with Gasteiger partial charge in [-0.15, -0.1) is 0 Å². The van der Waals surface area contributed by atoms with E-state index < -0.39 is 5.91 Å². The molecule has 3 N–H and O–H groups in total. The zero-order chi connectivity index (χ0) is 12.4. The number of nitrogens with zero attached hydrogens (tertiary/aromatic N) is 2. The van der Waals surface area contributed by atoms with Gasteiger partial charge in [-0.25, -0.2) is 4.98 Å². The van der Waals surface area contributed by atoms with Crippen LogP contribution in [0.4, 0.5) is 0 Å². The minimum atomic E-state index is -0.560. The van der Waals surface area contributed by atoms with E-state index in [9.17, 15) is 9.59 Å². The van der Waals surface area contributed by atoms with Crippen molar-refractivity contribution in [3.05, 3.63) is 35.8 Å². The molecule has 17 heavy (non-hydrogen) atoms. The van der Waals surface area contributed by atoms with Crippen molar-refractivity contribution in [3.8, 4) is 0 Å². The van der Waals surface area contributed by atoms with Crippen LogP contribution in [-0.4, -0.2) is 27.7 Å². The molecule has 6 nitrogen and oxygen atoms in total. The Morgan fingerprint density at radius 3 is 2.88 bits per heavy atom. The van der Waals surface area contributed by atoms with Crippen molar-refractivity contribution in [2.75, 3.05) is 6.54 Å². The molecular weight excluding hydrogens is 220 g/mol. The summed E-state index contributed by atoms with van der Waals surface area (Å²) in [5.74, 6) is -0.831. The summed E-state index contributed by atoms with van der Waals surface area (Å²) in [5.41, 5.74) is 6.31. The lowest BCUT2D eigenvalue weighted by Gasteiger charge is -1.98. The SMILES string of the molecule is CCNC(=O)c1cn2c(C(N)=O)cccc2n1. The van der Waals surface area contributed by atoms with Gasteiger partial charge in [-0.3, -0.25) is 14.0 Å². The summed E-state index contributed by atoms with van der Waals surface area (Å²) in [5, 5.41) is 2.64. The smallest absolute Gasteiger partial charge is 0.271 e. The number of fused-ring (bicyclic) bond motifs is 1. The number of pyridine rings is 1. The zero-order valence-electron chi connectivity index (χ0n) is 9.30. The number of aromatic nitrogens is 2. The van der Waals surface area contributed by atoms with Crippen molar-refractivity contribution >= 4 is 17.5 Å². The van der Waals surface area contributed by atoms with Crippen molar-refractivity contribution in [1.82, 2.24) is 14.7 Å². The Morgan fingerprint density at radius 2 is 2.24 bits per heavy atom. The number of hydrogen-bond acceptors (Lipinski definition) is 3. The molecule has 0 aliphatic carbocycles. The van der Waals surface area contributed by atoms with E-state index in [1.54, 1.807) is 18.2 Å². The van der Waals surface area contributed by atoms with E-state index in [1.165, 1.54) is 10.6 Å². The second-order valence-electron chi connectivity index (χ2n) is 3.49. The Bertz CT molecular complexity index is 588. The molecule has 88 valence electrons. The fraction of sp³-hybridized carbons (Fsp3) is 0.182. The third-order valence-electron chi connectivity index (χ3n) is 2.31. The summed E-state index contributed by atoms with van der Waals surface area (Å²) in [4.78, 5) is 26.9. The maximum absolute atomic E-state index is 11.6. The third-order valence-corrected chi connectivity index (χ3v) is 2.31. The van der Waals surface area contributed by atoms with Gasteiger partial charge in [-0.2, -0.15) is 0 Å². The monoisotopic (exact) mass is 232 g/mol. The van der Waals surface area contributed by atoms with E-state index in [0.29, 0.717) is 17.9 Å². The van der Waals surface area contributed by atoms with Gasteiger partial charge < -0.3 is 11.1 Å². The maximum atomic E-state index is 11.6. The average Bonchev–Trinajstić information content (AvgIpc) is 2.72. The van der Waals surface area contributed by atoms with Crippen LogP contribution in [0.25, 0.3) is 5.65 Å². The number of imidazole rings is 1. The van der Waals surface area contributed by atoms with E-state index in [2.05, 4.69) is 10.3 Å². The molecule has 0 aliphatic rings. The molecule has 6 heteroatoms. The molecule has 2 aromatic heterocycles. The standard InChI is InChI=1S/C11H12N4O2/c1-2-13-11(17)7-6-15-8(10(12)16)4-3-5-9(15)14-7/h3-6H,2H2,1H3,(H2,12,16)(H,13,17). The van der Waals surface area contributed by atoms with E-state index in [1.807, 2.05) is 6.92 Å². The highest BCUT2D eigenvalue weighted by atomic mass is 16.2. The Hall–Kier alpha value is -2.37. The van der Waals surface area contributed by atoms with Gasteiger partial charge in [0.1, 0.15) is 17.0 Å². The summed E-state index contributed by atoms with van der Waals surface area (Å²) in [6, 6.07) is 4.96. The van der Waals surface area contributed by atoms with E-state index in [0.717, 1.165) is 0 Å². The Kier molecular flexibility index (Phi) is 2.78. The number of hydrogen-bond donors (Lipinski definition) is 2. The highest BCUT2D eigenvalue weighted by Gasteiger charge is 2.12. The quantitative estimate of drug-likeness (QED) is 0.791. The van der Waals surface area contributed by atoms with Crippen LogP contribution < -0.4 is 11.1 Å². The number of primary amides is 1. The topological polar surface area (TPSA) is 89.5 Å². The molecule has 0 atom stereocenters. The minimum absolute atomic E-state index is 0.264. The number of nitrogens with two attached hydrogens (primary N) is 1. The van der Waals surface area contributed by atoms with Crippen LogP contribution >= 0.6 is 0 Å². The Morgan fingerprint density at radius 1 is 1.47 bits per heavy atom. The molecule has 0 unspecified atom stereocenters. The average molecular weight is 232 g/mol. The third kappa shape index (κ3) is 1.96. The summed E-state index contributed by atoms with van der Waals surface area (Å²) in [6.07, 6.45) is 1.50. The lowest BCUT2D eigenvalue weighted by atomic mass is 10.3. The first-order chi connectivity index (χ1) is 8.13. The molecule has 2 aromatic rings. The molecule has 2 rings (SSSR count). The van der Waals surface area contributed by atoms with Crippen molar-refractivity contribution in [3.63, 3.8) is 0 Å².